The van der Waals surface area contributed by atoms with E-state index in [2.05, 4.69) is 29.7 Å². The Bertz CT molecular complexity index is 423. The van der Waals surface area contributed by atoms with Crippen LogP contribution in [-0.4, -0.2) is 18.5 Å². The van der Waals surface area contributed by atoms with Gasteiger partial charge in [-0.05, 0) is 31.4 Å². The number of para-hydroxylation sites is 1. The van der Waals surface area contributed by atoms with Gasteiger partial charge in [0.2, 0.25) is 5.91 Å². The number of amides is 1. The summed E-state index contributed by atoms with van der Waals surface area (Å²) >= 11 is 0. The van der Waals surface area contributed by atoms with Crippen LogP contribution >= 0.6 is 0 Å². The summed E-state index contributed by atoms with van der Waals surface area (Å²) in [5.41, 5.74) is 2.34. The number of anilines is 1. The van der Waals surface area contributed by atoms with Gasteiger partial charge < -0.3 is 10.6 Å². The minimum atomic E-state index is 0.179. The molecule has 0 radical (unpaired) electrons. The number of rotatable bonds is 5. The van der Waals surface area contributed by atoms with E-state index in [9.17, 15) is 4.79 Å². The van der Waals surface area contributed by atoms with E-state index in [4.69, 9.17) is 0 Å². The van der Waals surface area contributed by atoms with Gasteiger partial charge in [0.15, 0.2) is 0 Å². The van der Waals surface area contributed by atoms with Crippen molar-refractivity contribution in [3.8, 4) is 0 Å². The molecule has 3 heteroatoms. The Morgan fingerprint density at radius 3 is 2.55 bits per heavy atom. The second-order valence-electron chi connectivity index (χ2n) is 5.75. The van der Waals surface area contributed by atoms with Crippen LogP contribution in [0.2, 0.25) is 0 Å². The van der Waals surface area contributed by atoms with Crippen LogP contribution < -0.4 is 10.6 Å². The molecule has 2 N–H and O–H groups in total. The van der Waals surface area contributed by atoms with Gasteiger partial charge in [-0.3, -0.25) is 4.79 Å². The maximum absolute atomic E-state index is 11.9. The minimum Gasteiger partial charge on any atom is -0.384 e. The summed E-state index contributed by atoms with van der Waals surface area (Å²) in [6.07, 6.45) is 8.00. The SMILES string of the molecule is Cc1ccccc1NCCC(=O)NC1CCCCCC1. The van der Waals surface area contributed by atoms with E-state index < -0.39 is 0 Å². The van der Waals surface area contributed by atoms with Crippen molar-refractivity contribution >= 4 is 11.6 Å². The van der Waals surface area contributed by atoms with Gasteiger partial charge in [-0.15, -0.1) is 0 Å². The van der Waals surface area contributed by atoms with Crippen molar-refractivity contribution in [2.75, 3.05) is 11.9 Å². The average molecular weight is 274 g/mol. The molecule has 110 valence electrons. The van der Waals surface area contributed by atoms with Crippen LogP contribution in [0.1, 0.15) is 50.5 Å². The van der Waals surface area contributed by atoms with Gasteiger partial charge in [0, 0.05) is 24.7 Å². The lowest BCUT2D eigenvalue weighted by atomic mass is 10.1. The maximum Gasteiger partial charge on any atom is 0.221 e. The first-order valence-corrected chi connectivity index (χ1v) is 7.84. The molecule has 1 aromatic carbocycles. The first kappa shape index (κ1) is 14.9. The van der Waals surface area contributed by atoms with Crippen molar-refractivity contribution in [3.63, 3.8) is 0 Å². The molecule has 2 rings (SSSR count). The van der Waals surface area contributed by atoms with Crippen LogP contribution in [0, 0.1) is 6.92 Å². The first-order chi connectivity index (χ1) is 9.75. The Morgan fingerprint density at radius 2 is 1.85 bits per heavy atom. The van der Waals surface area contributed by atoms with Crippen molar-refractivity contribution < 1.29 is 4.79 Å². The molecular weight excluding hydrogens is 248 g/mol. The molecule has 20 heavy (non-hydrogen) atoms. The Morgan fingerprint density at radius 1 is 1.15 bits per heavy atom. The molecule has 0 spiro atoms. The largest absolute Gasteiger partial charge is 0.384 e. The third kappa shape index (κ3) is 4.87. The highest BCUT2D eigenvalue weighted by Gasteiger charge is 2.14. The second kappa shape index (κ2) is 7.93. The highest BCUT2D eigenvalue weighted by molar-refractivity contribution is 5.76. The summed E-state index contributed by atoms with van der Waals surface area (Å²) in [6.45, 7) is 2.78. The van der Waals surface area contributed by atoms with Gasteiger partial charge in [-0.1, -0.05) is 43.9 Å². The zero-order chi connectivity index (χ0) is 14.2. The molecular formula is C17H26N2O. The molecule has 0 aromatic heterocycles. The second-order valence-corrected chi connectivity index (χ2v) is 5.75. The highest BCUT2D eigenvalue weighted by Crippen LogP contribution is 2.17. The van der Waals surface area contributed by atoms with E-state index in [-0.39, 0.29) is 5.91 Å². The third-order valence-electron chi connectivity index (χ3n) is 4.03. The molecule has 0 aliphatic heterocycles. The molecule has 0 bridgehead atoms. The molecule has 1 aliphatic carbocycles. The van der Waals surface area contributed by atoms with Gasteiger partial charge in [0.25, 0.3) is 0 Å². The predicted octanol–water partition coefficient (Wildman–Crippen LogP) is 3.64. The Hall–Kier alpha value is -1.51. The predicted molar refractivity (Wildman–Crippen MR) is 83.9 cm³/mol. The number of nitrogens with one attached hydrogen (secondary N) is 2. The summed E-state index contributed by atoms with van der Waals surface area (Å²) in [6, 6.07) is 8.58. The van der Waals surface area contributed by atoms with Crippen molar-refractivity contribution in [3.05, 3.63) is 29.8 Å². The number of carbonyl (C=O) groups is 1. The van der Waals surface area contributed by atoms with Crippen molar-refractivity contribution in [1.29, 1.82) is 0 Å². The minimum absolute atomic E-state index is 0.179. The van der Waals surface area contributed by atoms with E-state index in [1.807, 2.05) is 12.1 Å². The van der Waals surface area contributed by atoms with Crippen LogP contribution in [0.4, 0.5) is 5.69 Å². The van der Waals surface area contributed by atoms with Gasteiger partial charge >= 0.3 is 0 Å². The molecule has 1 amide bonds. The van der Waals surface area contributed by atoms with Crippen LogP contribution in [0.25, 0.3) is 0 Å². The fraction of sp³-hybridized carbons (Fsp3) is 0.588. The van der Waals surface area contributed by atoms with Gasteiger partial charge in [-0.2, -0.15) is 0 Å². The molecule has 1 aliphatic rings. The van der Waals surface area contributed by atoms with Crippen LogP contribution in [0.5, 0.6) is 0 Å². The summed E-state index contributed by atoms with van der Waals surface area (Å²) in [4.78, 5) is 11.9. The van der Waals surface area contributed by atoms with Crippen molar-refractivity contribution in [2.45, 2.75) is 57.9 Å². The third-order valence-corrected chi connectivity index (χ3v) is 4.03. The fourth-order valence-electron chi connectivity index (χ4n) is 2.81. The molecule has 1 saturated carbocycles. The average Bonchev–Trinajstić information content (AvgIpc) is 2.69. The summed E-state index contributed by atoms with van der Waals surface area (Å²) < 4.78 is 0. The van der Waals surface area contributed by atoms with Crippen molar-refractivity contribution in [2.24, 2.45) is 0 Å². The van der Waals surface area contributed by atoms with E-state index >= 15 is 0 Å². The van der Waals surface area contributed by atoms with E-state index in [0.717, 1.165) is 18.5 Å². The molecule has 1 fully saturated rings. The van der Waals surface area contributed by atoms with Crippen LogP contribution in [0.3, 0.4) is 0 Å². The first-order valence-electron chi connectivity index (χ1n) is 7.84. The number of hydrogen-bond donors (Lipinski definition) is 2. The number of carbonyl (C=O) groups excluding carboxylic acids is 1. The quantitative estimate of drug-likeness (QED) is 0.805. The van der Waals surface area contributed by atoms with Gasteiger partial charge in [0.05, 0.1) is 0 Å². The summed E-state index contributed by atoms with van der Waals surface area (Å²) in [5, 5.41) is 6.51. The highest BCUT2D eigenvalue weighted by atomic mass is 16.1. The lowest BCUT2D eigenvalue weighted by molar-refractivity contribution is -0.121. The zero-order valence-electron chi connectivity index (χ0n) is 12.5. The number of benzene rings is 1. The Labute approximate surface area is 122 Å². The summed E-state index contributed by atoms with van der Waals surface area (Å²) in [7, 11) is 0. The maximum atomic E-state index is 11.9. The lowest BCUT2D eigenvalue weighted by Crippen LogP contribution is -2.35. The van der Waals surface area contributed by atoms with Crippen molar-refractivity contribution in [1.82, 2.24) is 5.32 Å². The standard InChI is InChI=1S/C17H26N2O/c1-14-8-6-7-11-16(14)18-13-12-17(20)19-15-9-4-2-3-5-10-15/h6-8,11,15,18H,2-5,9-10,12-13H2,1H3,(H,19,20). The summed E-state index contributed by atoms with van der Waals surface area (Å²) in [5.74, 6) is 0.179. The Balaban J connectivity index is 1.68. The molecule has 0 unspecified atom stereocenters. The Kier molecular flexibility index (Phi) is 5.90. The van der Waals surface area contributed by atoms with E-state index in [1.54, 1.807) is 0 Å². The van der Waals surface area contributed by atoms with Gasteiger partial charge in [0.1, 0.15) is 0 Å². The number of hydrogen-bond acceptors (Lipinski definition) is 2. The smallest absolute Gasteiger partial charge is 0.221 e. The number of aryl methyl sites for hydroxylation is 1. The van der Waals surface area contributed by atoms with Crippen LogP contribution in [-0.2, 0) is 4.79 Å². The monoisotopic (exact) mass is 274 g/mol. The molecule has 0 heterocycles. The topological polar surface area (TPSA) is 41.1 Å². The zero-order valence-corrected chi connectivity index (χ0v) is 12.5. The van der Waals surface area contributed by atoms with E-state index in [0.29, 0.717) is 19.0 Å². The molecule has 0 atom stereocenters. The van der Waals surface area contributed by atoms with Gasteiger partial charge in [-0.25, -0.2) is 0 Å². The molecule has 1 aromatic rings. The molecule has 3 nitrogen and oxygen atoms in total. The molecule has 0 saturated heterocycles. The van der Waals surface area contributed by atoms with Crippen LogP contribution in [0.15, 0.2) is 24.3 Å². The van der Waals surface area contributed by atoms with E-state index in [1.165, 1.54) is 31.2 Å². The fourth-order valence-corrected chi connectivity index (χ4v) is 2.81. The lowest BCUT2D eigenvalue weighted by Gasteiger charge is -2.16. The normalized spacial score (nSPS) is 16.4.